The van der Waals surface area contributed by atoms with Crippen LogP contribution in [0.3, 0.4) is 0 Å². The molecule has 0 saturated heterocycles. The van der Waals surface area contributed by atoms with Crippen LogP contribution in [0.2, 0.25) is 0 Å². The number of rotatable bonds is 62. The lowest BCUT2D eigenvalue weighted by Crippen LogP contribution is -2.45. The van der Waals surface area contributed by atoms with Crippen molar-refractivity contribution in [3.8, 4) is 0 Å². The molecule has 0 heterocycles. The first kappa shape index (κ1) is 69.9. The molecule has 0 radical (unpaired) electrons. The maximum Gasteiger partial charge on any atom is 0.305 e. The average Bonchev–Trinajstić information content (AvgIpc) is 3.37. The third-order valence-electron chi connectivity index (χ3n) is 15.7. The molecule has 0 aliphatic carbocycles. The van der Waals surface area contributed by atoms with Crippen LogP contribution in [0, 0.1) is 0 Å². The van der Waals surface area contributed by atoms with E-state index in [0.29, 0.717) is 25.9 Å². The second-order valence-electron chi connectivity index (χ2n) is 22.8. The van der Waals surface area contributed by atoms with Crippen LogP contribution in [-0.2, 0) is 14.3 Å². The summed E-state index contributed by atoms with van der Waals surface area (Å²) in [7, 11) is 0. The number of aliphatic hydroxyl groups is 2. The maximum atomic E-state index is 12.4. The van der Waals surface area contributed by atoms with Gasteiger partial charge in [0.05, 0.1) is 25.4 Å². The molecule has 6 nitrogen and oxygen atoms in total. The monoisotopic (exact) mass is 1000 g/mol. The van der Waals surface area contributed by atoms with Gasteiger partial charge in [-0.1, -0.05) is 341 Å². The Morgan fingerprint density at radius 3 is 0.859 bits per heavy atom. The van der Waals surface area contributed by atoms with Crippen LogP contribution in [0.25, 0.3) is 0 Å². The van der Waals surface area contributed by atoms with Crippen molar-refractivity contribution < 1.29 is 24.5 Å². The molecule has 6 heteroatoms. The van der Waals surface area contributed by atoms with E-state index in [2.05, 4.69) is 19.2 Å². The lowest BCUT2D eigenvalue weighted by atomic mass is 10.0. The van der Waals surface area contributed by atoms with Crippen LogP contribution in [0.1, 0.15) is 380 Å². The molecule has 0 spiro atoms. The molecule has 424 valence electrons. The summed E-state index contributed by atoms with van der Waals surface area (Å²) >= 11 is 0. The minimum Gasteiger partial charge on any atom is -0.466 e. The van der Waals surface area contributed by atoms with Crippen LogP contribution in [0.15, 0.2) is 0 Å². The Labute approximate surface area is 445 Å². The standard InChI is InChI=1S/C65H129NO5/c1-3-5-7-9-11-13-15-16-17-18-26-30-33-36-39-43-47-51-55-59-65(70)71-60-56-52-48-44-40-37-34-31-28-25-23-21-19-20-22-24-27-29-32-35-38-42-46-50-54-58-64(69)66-62(61-67)63(68)57-53-49-45-41-14-12-10-8-6-4-2/h62-63,67-68H,3-61H2,1-2H3,(H,66,69). The molecule has 0 aliphatic heterocycles. The fourth-order valence-corrected chi connectivity index (χ4v) is 10.6. The highest BCUT2D eigenvalue weighted by Gasteiger charge is 2.20. The maximum absolute atomic E-state index is 12.4. The minimum atomic E-state index is -0.660. The molecule has 1 amide bonds. The van der Waals surface area contributed by atoms with Gasteiger partial charge in [0.1, 0.15) is 0 Å². The van der Waals surface area contributed by atoms with Gasteiger partial charge in [-0.15, -0.1) is 0 Å². The highest BCUT2D eigenvalue weighted by molar-refractivity contribution is 5.76. The smallest absolute Gasteiger partial charge is 0.305 e. The lowest BCUT2D eigenvalue weighted by Gasteiger charge is -2.22. The summed E-state index contributed by atoms with van der Waals surface area (Å²) in [5.74, 6) is -0.0104. The Hall–Kier alpha value is -1.14. The largest absolute Gasteiger partial charge is 0.466 e. The Balaban J connectivity index is 3.30. The van der Waals surface area contributed by atoms with Crippen LogP contribution >= 0.6 is 0 Å². The van der Waals surface area contributed by atoms with Gasteiger partial charge in [0.25, 0.3) is 0 Å². The first-order valence-corrected chi connectivity index (χ1v) is 32.8. The summed E-state index contributed by atoms with van der Waals surface area (Å²) in [6, 6.07) is -0.537. The van der Waals surface area contributed by atoms with Crippen molar-refractivity contribution in [2.24, 2.45) is 0 Å². The van der Waals surface area contributed by atoms with E-state index >= 15 is 0 Å². The predicted molar refractivity (Wildman–Crippen MR) is 310 cm³/mol. The quantitative estimate of drug-likeness (QED) is 0.0417. The average molecular weight is 1000 g/mol. The van der Waals surface area contributed by atoms with Crippen molar-refractivity contribution in [1.82, 2.24) is 5.32 Å². The number of unbranched alkanes of at least 4 members (excludes halogenated alkanes) is 51. The number of carbonyl (C=O) groups excluding carboxylic acids is 2. The summed E-state index contributed by atoms with van der Waals surface area (Å²) in [6.45, 7) is 4.98. The van der Waals surface area contributed by atoms with Gasteiger partial charge < -0.3 is 20.3 Å². The molecule has 0 bridgehead atoms. The molecule has 0 rings (SSSR count). The van der Waals surface area contributed by atoms with Gasteiger partial charge in [-0.2, -0.15) is 0 Å². The van der Waals surface area contributed by atoms with Crippen molar-refractivity contribution in [2.45, 2.75) is 392 Å². The number of nitrogens with one attached hydrogen (secondary N) is 1. The number of aliphatic hydroxyl groups excluding tert-OH is 2. The molecule has 0 aromatic rings. The number of carbonyl (C=O) groups is 2. The van der Waals surface area contributed by atoms with Crippen molar-refractivity contribution >= 4 is 11.9 Å². The molecule has 0 aromatic carbocycles. The van der Waals surface area contributed by atoms with Gasteiger partial charge in [-0.25, -0.2) is 0 Å². The topological polar surface area (TPSA) is 95.9 Å². The zero-order valence-corrected chi connectivity index (χ0v) is 48.5. The first-order chi connectivity index (χ1) is 35.0. The summed E-state index contributed by atoms with van der Waals surface area (Å²) in [4.78, 5) is 24.5. The van der Waals surface area contributed by atoms with Crippen LogP contribution in [0.5, 0.6) is 0 Å². The van der Waals surface area contributed by atoms with E-state index in [0.717, 1.165) is 38.5 Å². The molecule has 2 unspecified atom stereocenters. The number of ether oxygens (including phenoxy) is 1. The van der Waals surface area contributed by atoms with Crippen LogP contribution in [0.4, 0.5) is 0 Å². The molecule has 2 atom stereocenters. The third-order valence-corrected chi connectivity index (χ3v) is 15.7. The van der Waals surface area contributed by atoms with Crippen LogP contribution in [-0.4, -0.2) is 47.4 Å². The second-order valence-corrected chi connectivity index (χ2v) is 22.8. The van der Waals surface area contributed by atoms with Gasteiger partial charge in [0.2, 0.25) is 5.91 Å². The number of hydrogen-bond donors (Lipinski definition) is 3. The highest BCUT2D eigenvalue weighted by Crippen LogP contribution is 2.19. The molecule has 0 fully saturated rings. The Morgan fingerprint density at radius 2 is 0.577 bits per heavy atom. The summed E-state index contributed by atoms with van der Waals surface area (Å²) < 4.78 is 5.51. The van der Waals surface area contributed by atoms with Gasteiger partial charge >= 0.3 is 5.97 Å². The summed E-state index contributed by atoms with van der Waals surface area (Å²) in [6.07, 6.45) is 72.8. The Morgan fingerprint density at radius 1 is 0.338 bits per heavy atom. The van der Waals surface area contributed by atoms with Crippen LogP contribution < -0.4 is 5.32 Å². The van der Waals surface area contributed by atoms with E-state index in [1.807, 2.05) is 0 Å². The molecular weight excluding hydrogens is 875 g/mol. The predicted octanol–water partition coefficient (Wildman–Crippen LogP) is 20.6. The molecule has 0 aliphatic rings. The van der Waals surface area contributed by atoms with Crippen molar-refractivity contribution in [3.63, 3.8) is 0 Å². The van der Waals surface area contributed by atoms with Crippen molar-refractivity contribution in [3.05, 3.63) is 0 Å². The van der Waals surface area contributed by atoms with E-state index in [1.54, 1.807) is 0 Å². The minimum absolute atomic E-state index is 0.0222. The van der Waals surface area contributed by atoms with E-state index in [9.17, 15) is 19.8 Å². The van der Waals surface area contributed by atoms with E-state index in [1.165, 1.54) is 308 Å². The van der Waals surface area contributed by atoms with Gasteiger partial charge in [0.15, 0.2) is 0 Å². The Bertz CT molecular complexity index is 1020. The first-order valence-electron chi connectivity index (χ1n) is 32.8. The molecule has 0 saturated carbocycles. The lowest BCUT2D eigenvalue weighted by molar-refractivity contribution is -0.143. The number of hydrogen-bond acceptors (Lipinski definition) is 5. The molecule has 3 N–H and O–H groups in total. The fourth-order valence-electron chi connectivity index (χ4n) is 10.6. The molecule has 71 heavy (non-hydrogen) atoms. The van der Waals surface area contributed by atoms with Crippen molar-refractivity contribution in [2.75, 3.05) is 13.2 Å². The number of amides is 1. The Kier molecular flexibility index (Phi) is 60.4. The van der Waals surface area contributed by atoms with Gasteiger partial charge in [0, 0.05) is 12.8 Å². The summed E-state index contributed by atoms with van der Waals surface area (Å²) in [5.41, 5.74) is 0. The second kappa shape index (κ2) is 61.4. The summed E-state index contributed by atoms with van der Waals surface area (Å²) in [5, 5.41) is 23.2. The van der Waals surface area contributed by atoms with E-state index in [-0.39, 0.29) is 18.5 Å². The van der Waals surface area contributed by atoms with Crippen molar-refractivity contribution in [1.29, 1.82) is 0 Å². The highest BCUT2D eigenvalue weighted by atomic mass is 16.5. The normalized spacial score (nSPS) is 12.5. The molecule has 0 aromatic heterocycles. The SMILES string of the molecule is CCCCCCCCCCCCCCCCCCCCCC(=O)OCCCCCCCCCCCCCCCCCCCCCCCCCCCC(=O)NC(CO)C(O)CCCCCCCCCCCC. The fraction of sp³-hybridized carbons (Fsp3) is 0.969. The zero-order chi connectivity index (χ0) is 51.4. The van der Waals surface area contributed by atoms with Gasteiger partial charge in [-0.3, -0.25) is 9.59 Å². The van der Waals surface area contributed by atoms with Gasteiger partial charge in [-0.05, 0) is 25.7 Å². The molecular formula is C65H129NO5. The zero-order valence-electron chi connectivity index (χ0n) is 48.5. The number of esters is 1. The third kappa shape index (κ3) is 58.0. The van der Waals surface area contributed by atoms with E-state index in [4.69, 9.17) is 4.74 Å². The van der Waals surface area contributed by atoms with E-state index < -0.39 is 12.1 Å².